The van der Waals surface area contributed by atoms with Crippen molar-refractivity contribution in [2.24, 2.45) is 11.8 Å². The molecule has 1 heterocycles. The molecule has 0 radical (unpaired) electrons. The third-order valence-corrected chi connectivity index (χ3v) is 10.3. The quantitative estimate of drug-likeness (QED) is 0.250. The number of nitrogens with zero attached hydrogens (tertiary/aromatic N) is 1. The van der Waals surface area contributed by atoms with Crippen molar-refractivity contribution < 1.29 is 17.9 Å². The summed E-state index contributed by atoms with van der Waals surface area (Å²) in [5.74, 6) is 7.68. The highest BCUT2D eigenvalue weighted by Gasteiger charge is 2.35. The Balaban J connectivity index is 1.80. The van der Waals surface area contributed by atoms with Crippen LogP contribution in [0.1, 0.15) is 49.3 Å². The second-order valence-corrected chi connectivity index (χ2v) is 18.4. The zero-order valence-corrected chi connectivity index (χ0v) is 22.6. The lowest BCUT2D eigenvalue weighted by atomic mass is 9.87. The molecule has 2 aliphatic rings. The van der Waals surface area contributed by atoms with Gasteiger partial charge in [0, 0.05) is 58.9 Å². The molecule has 1 aromatic rings. The molecule has 1 saturated carbocycles. The first-order chi connectivity index (χ1) is 15.7. The minimum Gasteiger partial charge on any atom is -0.385 e. The van der Waals surface area contributed by atoms with Crippen LogP contribution in [0, 0.1) is 23.7 Å². The summed E-state index contributed by atoms with van der Waals surface area (Å²) in [4.78, 5) is 0. The van der Waals surface area contributed by atoms with E-state index in [1.54, 1.807) is 11.4 Å². The summed E-state index contributed by atoms with van der Waals surface area (Å²) in [6.45, 7) is 9.05. The van der Waals surface area contributed by atoms with Gasteiger partial charge in [-0.15, -0.1) is 0 Å². The van der Waals surface area contributed by atoms with Gasteiger partial charge in [0.05, 0.1) is 11.9 Å². The molecule has 7 heteroatoms. The van der Waals surface area contributed by atoms with E-state index in [0.717, 1.165) is 36.4 Å². The minimum atomic E-state index is -3.25. The first-order valence-corrected chi connectivity index (χ1v) is 17.7. The maximum Gasteiger partial charge on any atom is 0.213 e. The summed E-state index contributed by atoms with van der Waals surface area (Å²) in [5.41, 5.74) is 2.11. The Bertz CT molecular complexity index is 928. The highest BCUT2D eigenvalue weighted by Crippen LogP contribution is 2.36. The van der Waals surface area contributed by atoms with Crippen molar-refractivity contribution in [1.29, 1.82) is 0 Å². The predicted octanol–water partition coefficient (Wildman–Crippen LogP) is 4.92. The molecule has 3 rings (SSSR count). The van der Waals surface area contributed by atoms with Gasteiger partial charge in [-0.3, -0.25) is 0 Å². The van der Waals surface area contributed by atoms with Gasteiger partial charge >= 0.3 is 0 Å². The first kappa shape index (κ1) is 26.4. The smallest absolute Gasteiger partial charge is 0.213 e. The van der Waals surface area contributed by atoms with E-state index in [1.165, 1.54) is 12.8 Å². The lowest BCUT2D eigenvalue weighted by Crippen LogP contribution is -2.44. The van der Waals surface area contributed by atoms with E-state index in [0.29, 0.717) is 32.2 Å². The molecule has 0 N–H and O–H groups in total. The van der Waals surface area contributed by atoms with Crippen LogP contribution in [0.15, 0.2) is 24.3 Å². The highest BCUT2D eigenvalue weighted by atomic mass is 32.2. The third-order valence-electron chi connectivity index (χ3n) is 6.40. The summed E-state index contributed by atoms with van der Waals surface area (Å²) in [6.07, 6.45) is 4.86. The van der Waals surface area contributed by atoms with Crippen LogP contribution in [-0.4, -0.2) is 60.0 Å². The maximum absolute atomic E-state index is 13.2. The molecule has 0 amide bonds. The average Bonchev–Trinajstić information content (AvgIpc) is 3.61. The second kappa shape index (κ2) is 12.0. The first-order valence-electron chi connectivity index (χ1n) is 12.4. The van der Waals surface area contributed by atoms with Crippen LogP contribution in [0.2, 0.25) is 25.7 Å². The van der Waals surface area contributed by atoms with E-state index < -0.39 is 18.1 Å². The molecule has 0 spiro atoms. The zero-order valence-electron chi connectivity index (χ0n) is 20.8. The fraction of sp³-hybridized carbons (Fsp3) is 0.692. The predicted molar refractivity (Wildman–Crippen MR) is 137 cm³/mol. The number of rotatable bonds is 11. The van der Waals surface area contributed by atoms with Gasteiger partial charge in [-0.2, -0.15) is 0 Å². The SMILES string of the molecule is COCCCOC(c1ccccc1C#CC1CC1)C1CCCN(S(=O)(=O)CC[Si](C)(C)C)C1. The fourth-order valence-electron chi connectivity index (χ4n) is 4.20. The lowest BCUT2D eigenvalue weighted by Gasteiger charge is -2.37. The second-order valence-electron chi connectivity index (χ2n) is 10.7. The number of hydrogen-bond acceptors (Lipinski definition) is 4. The van der Waals surface area contributed by atoms with Gasteiger partial charge in [-0.05, 0) is 49.8 Å². The number of hydrogen-bond donors (Lipinski definition) is 0. The van der Waals surface area contributed by atoms with E-state index >= 15 is 0 Å². The molecule has 33 heavy (non-hydrogen) atoms. The number of sulfonamides is 1. The Morgan fingerprint density at radius 3 is 2.61 bits per heavy atom. The molecule has 1 aliphatic carbocycles. The largest absolute Gasteiger partial charge is 0.385 e. The van der Waals surface area contributed by atoms with Crippen LogP contribution in [0.4, 0.5) is 0 Å². The summed E-state index contributed by atoms with van der Waals surface area (Å²) >= 11 is 0. The van der Waals surface area contributed by atoms with E-state index in [1.807, 2.05) is 12.1 Å². The normalized spacial score (nSPS) is 20.8. The number of benzene rings is 1. The van der Waals surface area contributed by atoms with Crippen LogP contribution in [0.25, 0.3) is 0 Å². The Hall–Kier alpha value is -1.17. The molecule has 2 fully saturated rings. The van der Waals surface area contributed by atoms with E-state index in [2.05, 4.69) is 43.6 Å². The molecule has 184 valence electrons. The van der Waals surface area contributed by atoms with Gasteiger partial charge in [0.1, 0.15) is 0 Å². The van der Waals surface area contributed by atoms with Gasteiger partial charge in [-0.1, -0.05) is 49.7 Å². The molecule has 0 aromatic heterocycles. The van der Waals surface area contributed by atoms with E-state index in [4.69, 9.17) is 9.47 Å². The summed E-state index contributed by atoms with van der Waals surface area (Å²) in [5, 5.41) is 0. The molecule has 2 atom stereocenters. The van der Waals surface area contributed by atoms with Gasteiger partial charge in [0.2, 0.25) is 10.0 Å². The number of methoxy groups -OCH3 is 1. The van der Waals surface area contributed by atoms with Crippen molar-refractivity contribution >= 4 is 18.1 Å². The van der Waals surface area contributed by atoms with Gasteiger partial charge in [0.25, 0.3) is 0 Å². The van der Waals surface area contributed by atoms with Crippen LogP contribution in [-0.2, 0) is 19.5 Å². The molecule has 5 nitrogen and oxygen atoms in total. The van der Waals surface area contributed by atoms with Crippen LogP contribution in [0.5, 0.6) is 0 Å². The molecule has 0 bridgehead atoms. The van der Waals surface area contributed by atoms with Crippen molar-refractivity contribution in [2.75, 3.05) is 39.2 Å². The van der Waals surface area contributed by atoms with E-state index in [9.17, 15) is 8.42 Å². The molecule has 1 saturated heterocycles. The number of ether oxygens (including phenoxy) is 2. The van der Waals surface area contributed by atoms with Crippen molar-refractivity contribution in [3.05, 3.63) is 35.4 Å². The highest BCUT2D eigenvalue weighted by molar-refractivity contribution is 7.89. The van der Waals surface area contributed by atoms with E-state index in [-0.39, 0.29) is 17.8 Å². The van der Waals surface area contributed by atoms with Crippen LogP contribution >= 0.6 is 0 Å². The topological polar surface area (TPSA) is 55.8 Å². The molecule has 1 aliphatic heterocycles. The molecular weight excluding hydrogens is 450 g/mol. The van der Waals surface area contributed by atoms with Gasteiger partial charge < -0.3 is 9.47 Å². The fourth-order valence-corrected chi connectivity index (χ4v) is 8.76. The Kier molecular flexibility index (Phi) is 9.60. The minimum absolute atomic E-state index is 0.117. The van der Waals surface area contributed by atoms with Crippen molar-refractivity contribution in [2.45, 2.75) is 63.9 Å². The van der Waals surface area contributed by atoms with Gasteiger partial charge in [0.15, 0.2) is 0 Å². The van der Waals surface area contributed by atoms with Gasteiger partial charge in [-0.25, -0.2) is 12.7 Å². The van der Waals surface area contributed by atoms with Crippen molar-refractivity contribution in [3.8, 4) is 11.8 Å². The summed E-state index contributed by atoms with van der Waals surface area (Å²) < 4.78 is 39.7. The standard InChI is InChI=1S/C26H41NO4SSi/c1-30-17-8-18-31-26(25-11-6-5-9-23(25)15-14-22-12-13-22)24-10-7-16-27(21-24)32(28,29)19-20-33(2,3)4/h5-6,9,11,22,24,26H,7-8,10,12-13,16-21H2,1-4H3. The molecule has 1 aromatic carbocycles. The Morgan fingerprint density at radius 2 is 1.91 bits per heavy atom. The van der Waals surface area contributed by atoms with Crippen molar-refractivity contribution in [1.82, 2.24) is 4.31 Å². The van der Waals surface area contributed by atoms with Crippen molar-refractivity contribution in [3.63, 3.8) is 0 Å². The average molecular weight is 492 g/mol. The molecule has 2 unspecified atom stereocenters. The Morgan fingerprint density at radius 1 is 1.15 bits per heavy atom. The zero-order chi connectivity index (χ0) is 23.9. The Labute approximate surface area is 202 Å². The third kappa shape index (κ3) is 8.52. The summed E-state index contributed by atoms with van der Waals surface area (Å²) in [7, 11) is -2.98. The lowest BCUT2D eigenvalue weighted by molar-refractivity contribution is -0.0128. The number of piperidine rings is 1. The molecular formula is C26H41NO4SSi. The van der Waals surface area contributed by atoms with Crippen LogP contribution < -0.4 is 0 Å². The maximum atomic E-state index is 13.2. The van der Waals surface area contributed by atoms with Crippen LogP contribution in [0.3, 0.4) is 0 Å². The summed E-state index contributed by atoms with van der Waals surface area (Å²) in [6, 6.07) is 9.04. The monoisotopic (exact) mass is 491 g/mol.